The van der Waals surface area contributed by atoms with E-state index in [1.807, 2.05) is 0 Å². The molecule has 3 heteroatoms. The molecule has 0 aromatic rings. The van der Waals surface area contributed by atoms with Gasteiger partial charge in [-0.2, -0.15) is 0 Å². The van der Waals surface area contributed by atoms with Gasteiger partial charge in [0.15, 0.2) is 0 Å². The summed E-state index contributed by atoms with van der Waals surface area (Å²) < 4.78 is 0. The standard InChI is InChI=1S/C4H10.GeH4.2HI/c1-3-4-2;;;/h3-4H2,1-2H3;1H4;2*1H. The van der Waals surface area contributed by atoms with Gasteiger partial charge in [0.1, 0.15) is 0 Å². The van der Waals surface area contributed by atoms with Gasteiger partial charge in [0.2, 0.25) is 0 Å². The van der Waals surface area contributed by atoms with Crippen molar-refractivity contribution in [1.82, 2.24) is 0 Å². The van der Waals surface area contributed by atoms with Crippen molar-refractivity contribution in [1.29, 1.82) is 0 Å². The van der Waals surface area contributed by atoms with E-state index in [4.69, 9.17) is 0 Å². The van der Waals surface area contributed by atoms with Gasteiger partial charge in [0.05, 0.1) is 0 Å². The molecule has 0 spiro atoms. The second-order valence-electron chi connectivity index (χ2n) is 1.000. The van der Waals surface area contributed by atoms with Crippen molar-refractivity contribution in [3.63, 3.8) is 0 Å². The third-order valence-electron chi connectivity index (χ3n) is 0.500. The van der Waals surface area contributed by atoms with Crippen LogP contribution in [0.15, 0.2) is 0 Å². The zero-order valence-corrected chi connectivity index (χ0v) is 8.89. The van der Waals surface area contributed by atoms with Gasteiger partial charge in [-0.05, 0) is 0 Å². The fourth-order valence-corrected chi connectivity index (χ4v) is 0. The summed E-state index contributed by atoms with van der Waals surface area (Å²) in [5.74, 6) is 0. The van der Waals surface area contributed by atoms with Crippen LogP contribution in [0.2, 0.25) is 0 Å². The topological polar surface area (TPSA) is 0 Å². The summed E-state index contributed by atoms with van der Waals surface area (Å²) in [6, 6.07) is 0. The van der Waals surface area contributed by atoms with Crippen molar-refractivity contribution in [2.75, 3.05) is 0 Å². The molecule has 0 N–H and O–H groups in total. The maximum absolute atomic E-state index is 2.18. The molecular formula is C4H16GeI2. The molecule has 0 unspecified atom stereocenters. The third-order valence-corrected chi connectivity index (χ3v) is 0.500. The molecule has 0 aromatic carbocycles. The van der Waals surface area contributed by atoms with Crippen molar-refractivity contribution in [2.24, 2.45) is 0 Å². The Morgan fingerprint density at radius 3 is 1.00 bits per heavy atom. The zero-order valence-electron chi connectivity index (χ0n) is 4.23. The van der Waals surface area contributed by atoms with Gasteiger partial charge < -0.3 is 0 Å². The van der Waals surface area contributed by atoms with Gasteiger partial charge in [0, 0.05) is 0 Å². The monoisotopic (exact) mass is 392 g/mol. The summed E-state index contributed by atoms with van der Waals surface area (Å²) in [6.45, 7) is 4.36. The SMILES string of the molecule is CCCC.I.I.[GeH4]. The zero-order chi connectivity index (χ0) is 3.41. The van der Waals surface area contributed by atoms with Crippen LogP contribution in [-0.2, 0) is 0 Å². The van der Waals surface area contributed by atoms with Gasteiger partial charge in [-0.1, -0.05) is 26.7 Å². The van der Waals surface area contributed by atoms with Gasteiger partial charge in [-0.25, -0.2) is 0 Å². The molecule has 0 heterocycles. The number of halogens is 2. The Bertz CT molecular complexity index is 11.7. The minimum atomic E-state index is 0. The Balaban J connectivity index is -0.0000000150. The fourth-order valence-electron chi connectivity index (χ4n) is 0. The first kappa shape index (κ1) is 23.0. The molecule has 0 aliphatic rings. The van der Waals surface area contributed by atoms with E-state index in [9.17, 15) is 0 Å². The first-order chi connectivity index (χ1) is 1.91. The summed E-state index contributed by atoms with van der Waals surface area (Å²) in [5.41, 5.74) is 0. The summed E-state index contributed by atoms with van der Waals surface area (Å²) in [4.78, 5) is 0. The van der Waals surface area contributed by atoms with Crippen LogP contribution in [0.1, 0.15) is 26.7 Å². The molecule has 0 bridgehead atoms. The van der Waals surface area contributed by atoms with Gasteiger partial charge >= 0.3 is 17.6 Å². The van der Waals surface area contributed by atoms with Crippen molar-refractivity contribution < 1.29 is 0 Å². The van der Waals surface area contributed by atoms with Crippen molar-refractivity contribution in [2.45, 2.75) is 26.7 Å². The predicted octanol–water partition coefficient (Wildman–Crippen LogP) is 1.59. The molecule has 0 aromatic heterocycles. The first-order valence-electron chi connectivity index (χ1n) is 1.91. The summed E-state index contributed by atoms with van der Waals surface area (Å²) >= 11 is 0. The molecule has 0 rings (SSSR count). The molecule has 0 aliphatic heterocycles. The molecule has 0 saturated carbocycles. The Kier molecular flexibility index (Phi) is 80.6. The number of hydrogen-bond acceptors (Lipinski definition) is 0. The quantitative estimate of drug-likeness (QED) is 0.471. The van der Waals surface area contributed by atoms with Crippen molar-refractivity contribution in [3.8, 4) is 0 Å². The summed E-state index contributed by atoms with van der Waals surface area (Å²) in [7, 11) is 0. The van der Waals surface area contributed by atoms with E-state index in [0.717, 1.165) is 0 Å². The van der Waals surface area contributed by atoms with E-state index >= 15 is 0 Å². The van der Waals surface area contributed by atoms with Crippen molar-refractivity contribution >= 4 is 65.6 Å². The second-order valence-corrected chi connectivity index (χ2v) is 1.000. The van der Waals surface area contributed by atoms with Crippen LogP contribution in [-0.4, -0.2) is 17.6 Å². The number of rotatable bonds is 1. The van der Waals surface area contributed by atoms with E-state index in [2.05, 4.69) is 13.8 Å². The van der Waals surface area contributed by atoms with Gasteiger partial charge in [-0.15, -0.1) is 48.0 Å². The molecular weight excluding hydrogens is 374 g/mol. The molecule has 0 fully saturated rings. The molecule has 0 radical (unpaired) electrons. The molecule has 7 heavy (non-hydrogen) atoms. The minimum absolute atomic E-state index is 0. The van der Waals surface area contributed by atoms with Gasteiger partial charge in [-0.3, -0.25) is 0 Å². The van der Waals surface area contributed by atoms with Crippen LogP contribution >= 0.6 is 48.0 Å². The molecule has 0 aliphatic carbocycles. The molecule has 0 atom stereocenters. The summed E-state index contributed by atoms with van der Waals surface area (Å²) in [5, 5.41) is 0. The Morgan fingerprint density at radius 1 is 0.857 bits per heavy atom. The predicted molar refractivity (Wildman–Crippen MR) is 62.7 cm³/mol. The normalized spacial score (nSPS) is 4.29. The molecule has 50 valence electrons. The number of unbranched alkanes of at least 4 members (excludes halogenated alkanes) is 1. The van der Waals surface area contributed by atoms with E-state index in [1.165, 1.54) is 12.8 Å². The Morgan fingerprint density at radius 2 is 1.00 bits per heavy atom. The van der Waals surface area contributed by atoms with Crippen LogP contribution in [0.25, 0.3) is 0 Å². The Labute approximate surface area is 91.2 Å². The van der Waals surface area contributed by atoms with Crippen LogP contribution in [0.4, 0.5) is 0 Å². The molecule has 0 saturated heterocycles. The average Bonchev–Trinajstić information content (AvgIpc) is 1.37. The molecule has 0 nitrogen and oxygen atoms in total. The van der Waals surface area contributed by atoms with Crippen LogP contribution in [0.5, 0.6) is 0 Å². The van der Waals surface area contributed by atoms with Gasteiger partial charge in [0.25, 0.3) is 0 Å². The van der Waals surface area contributed by atoms with E-state index < -0.39 is 0 Å². The molecule has 0 amide bonds. The van der Waals surface area contributed by atoms with Crippen LogP contribution < -0.4 is 0 Å². The van der Waals surface area contributed by atoms with E-state index in [1.54, 1.807) is 0 Å². The Hall–Kier alpha value is 2.00. The summed E-state index contributed by atoms with van der Waals surface area (Å²) in [6.07, 6.45) is 2.64. The first-order valence-corrected chi connectivity index (χ1v) is 1.91. The van der Waals surface area contributed by atoms with E-state index in [0.29, 0.717) is 0 Å². The second kappa shape index (κ2) is 24.5. The fraction of sp³-hybridized carbons (Fsp3) is 1.00. The van der Waals surface area contributed by atoms with Crippen molar-refractivity contribution in [3.05, 3.63) is 0 Å². The van der Waals surface area contributed by atoms with Crippen LogP contribution in [0, 0.1) is 0 Å². The third kappa shape index (κ3) is 32.0. The van der Waals surface area contributed by atoms with Crippen LogP contribution in [0.3, 0.4) is 0 Å². The van der Waals surface area contributed by atoms with E-state index in [-0.39, 0.29) is 65.6 Å². The average molecular weight is 391 g/mol. The number of hydrogen-bond donors (Lipinski definition) is 0. The maximum atomic E-state index is 2.18.